The molecule has 0 aliphatic carbocycles. The van der Waals surface area contributed by atoms with E-state index in [1.165, 1.54) is 161 Å². The van der Waals surface area contributed by atoms with E-state index in [2.05, 4.69) is 6.92 Å². The fraction of sp³-hybridized carbons (Fsp3) is 0.966. The number of unbranched alkanes of at least 4 members (excludes halogenated alkanes) is 26. The van der Waals surface area contributed by atoms with Crippen LogP contribution in [0.2, 0.25) is 0 Å². The van der Waals surface area contributed by atoms with Crippen LogP contribution in [0.15, 0.2) is 0 Å². The third-order valence-corrected chi connectivity index (χ3v) is 6.68. The highest BCUT2D eigenvalue weighted by Crippen LogP contribution is 2.16. The van der Waals surface area contributed by atoms with Gasteiger partial charge in [0, 0.05) is 6.42 Å². The lowest BCUT2D eigenvalue weighted by Gasteiger charge is -2.04. The predicted molar refractivity (Wildman–Crippen MR) is 136 cm³/mol. The third kappa shape index (κ3) is 27.7. The first-order chi connectivity index (χ1) is 14.9. The number of hydrogen-bond acceptors (Lipinski definition) is 1. The van der Waals surface area contributed by atoms with Gasteiger partial charge in [-0.25, -0.2) is 0 Å². The summed E-state index contributed by atoms with van der Waals surface area (Å²) in [6.45, 7) is 2.30. The van der Waals surface area contributed by atoms with Crippen LogP contribution in [0, 0.1) is 0 Å². The van der Waals surface area contributed by atoms with Crippen LogP contribution in [0.4, 0.5) is 0 Å². The summed E-state index contributed by atoms with van der Waals surface area (Å²) >= 11 is 0. The molecule has 0 rings (SSSR count). The van der Waals surface area contributed by atoms with Gasteiger partial charge in [-0.1, -0.05) is 167 Å². The molecule has 0 saturated heterocycles. The standard InChI is InChI=1S/C29H58O/c1-2-3-4-5-6-7-8-9-10-11-12-13-14-15-16-17-18-19-20-21-22-23-24-25-26-27-28-29-30/h29H,2-28H2,1H3. The molecule has 30 heavy (non-hydrogen) atoms. The van der Waals surface area contributed by atoms with Gasteiger partial charge < -0.3 is 4.79 Å². The Balaban J connectivity index is 2.98. The zero-order valence-corrected chi connectivity index (χ0v) is 21.1. The molecule has 1 nitrogen and oxygen atoms in total. The van der Waals surface area contributed by atoms with E-state index in [0.29, 0.717) is 0 Å². The Morgan fingerprint density at radius 1 is 0.333 bits per heavy atom. The average Bonchev–Trinajstić information content (AvgIpc) is 2.76. The summed E-state index contributed by atoms with van der Waals surface area (Å²) in [5, 5.41) is 0. The molecule has 0 heterocycles. The van der Waals surface area contributed by atoms with Gasteiger partial charge in [0.05, 0.1) is 0 Å². The van der Waals surface area contributed by atoms with Crippen LogP contribution in [-0.4, -0.2) is 6.29 Å². The Labute approximate surface area is 191 Å². The third-order valence-electron chi connectivity index (χ3n) is 6.68. The number of aldehydes is 1. The molecule has 0 radical (unpaired) electrons. The molecule has 0 aromatic rings. The average molecular weight is 423 g/mol. The minimum Gasteiger partial charge on any atom is -0.303 e. The fourth-order valence-electron chi connectivity index (χ4n) is 4.54. The Morgan fingerprint density at radius 2 is 0.533 bits per heavy atom. The number of hydrogen-bond donors (Lipinski definition) is 0. The van der Waals surface area contributed by atoms with Crippen LogP contribution in [0.3, 0.4) is 0 Å². The first kappa shape index (κ1) is 29.7. The summed E-state index contributed by atoms with van der Waals surface area (Å²) in [7, 11) is 0. The van der Waals surface area contributed by atoms with E-state index in [1.54, 1.807) is 0 Å². The van der Waals surface area contributed by atoms with Gasteiger partial charge in [-0.2, -0.15) is 0 Å². The van der Waals surface area contributed by atoms with E-state index >= 15 is 0 Å². The molecule has 0 aromatic carbocycles. The molecule has 0 amide bonds. The summed E-state index contributed by atoms with van der Waals surface area (Å²) in [6.07, 6.45) is 39.0. The number of carbonyl (C=O) groups is 1. The largest absolute Gasteiger partial charge is 0.303 e. The van der Waals surface area contributed by atoms with E-state index < -0.39 is 0 Å². The molecular weight excluding hydrogens is 364 g/mol. The number of carbonyl (C=O) groups excluding carboxylic acids is 1. The van der Waals surface area contributed by atoms with Gasteiger partial charge in [-0.3, -0.25) is 0 Å². The Morgan fingerprint density at radius 3 is 0.733 bits per heavy atom. The molecule has 1 heteroatoms. The number of rotatable bonds is 27. The maximum absolute atomic E-state index is 10.2. The Hall–Kier alpha value is -0.330. The van der Waals surface area contributed by atoms with Crippen molar-refractivity contribution >= 4 is 6.29 Å². The molecule has 0 unspecified atom stereocenters. The van der Waals surface area contributed by atoms with Crippen LogP contribution in [0.5, 0.6) is 0 Å². The van der Waals surface area contributed by atoms with Crippen molar-refractivity contribution in [1.29, 1.82) is 0 Å². The first-order valence-electron chi connectivity index (χ1n) is 14.4. The highest BCUT2D eigenvalue weighted by atomic mass is 16.1. The highest BCUT2D eigenvalue weighted by molar-refractivity contribution is 5.48. The molecular formula is C29H58O. The monoisotopic (exact) mass is 422 g/mol. The second-order valence-electron chi connectivity index (χ2n) is 9.79. The van der Waals surface area contributed by atoms with Crippen molar-refractivity contribution in [2.75, 3.05) is 0 Å². The zero-order valence-electron chi connectivity index (χ0n) is 21.1. The maximum atomic E-state index is 10.2. The second kappa shape index (κ2) is 28.7. The van der Waals surface area contributed by atoms with E-state index in [1.807, 2.05) is 0 Å². The van der Waals surface area contributed by atoms with Crippen LogP contribution in [0.25, 0.3) is 0 Å². The van der Waals surface area contributed by atoms with E-state index in [4.69, 9.17) is 0 Å². The Kier molecular flexibility index (Phi) is 28.4. The normalized spacial score (nSPS) is 11.2. The molecule has 0 aliphatic rings. The molecule has 180 valence electrons. The first-order valence-corrected chi connectivity index (χ1v) is 14.4. The van der Waals surface area contributed by atoms with Gasteiger partial charge in [-0.15, -0.1) is 0 Å². The van der Waals surface area contributed by atoms with Crippen molar-refractivity contribution in [3.63, 3.8) is 0 Å². The molecule has 0 N–H and O–H groups in total. The van der Waals surface area contributed by atoms with Gasteiger partial charge in [0.15, 0.2) is 0 Å². The lowest BCUT2D eigenvalue weighted by atomic mass is 10.0. The van der Waals surface area contributed by atoms with E-state index in [-0.39, 0.29) is 0 Å². The van der Waals surface area contributed by atoms with Crippen molar-refractivity contribution in [3.8, 4) is 0 Å². The Bertz CT molecular complexity index is 299. The van der Waals surface area contributed by atoms with Gasteiger partial charge in [-0.05, 0) is 6.42 Å². The van der Waals surface area contributed by atoms with Crippen molar-refractivity contribution in [3.05, 3.63) is 0 Å². The minimum absolute atomic E-state index is 0.763. The van der Waals surface area contributed by atoms with Crippen molar-refractivity contribution < 1.29 is 4.79 Å². The molecule has 0 fully saturated rings. The highest BCUT2D eigenvalue weighted by Gasteiger charge is 1.96. The minimum atomic E-state index is 0.763. The molecule has 0 spiro atoms. The summed E-state index contributed by atoms with van der Waals surface area (Å²) in [4.78, 5) is 10.2. The van der Waals surface area contributed by atoms with Crippen molar-refractivity contribution in [2.24, 2.45) is 0 Å². The topological polar surface area (TPSA) is 17.1 Å². The maximum Gasteiger partial charge on any atom is 0.119 e. The molecule has 0 bridgehead atoms. The SMILES string of the molecule is CCCCCCCCCCCCCCCCCCCCCCCCCCCCC=O. The lowest BCUT2D eigenvalue weighted by Crippen LogP contribution is -1.85. The smallest absolute Gasteiger partial charge is 0.119 e. The summed E-state index contributed by atoms with van der Waals surface area (Å²) < 4.78 is 0. The van der Waals surface area contributed by atoms with Gasteiger partial charge in [0.2, 0.25) is 0 Å². The van der Waals surface area contributed by atoms with Gasteiger partial charge >= 0.3 is 0 Å². The van der Waals surface area contributed by atoms with E-state index in [0.717, 1.165) is 19.1 Å². The zero-order chi connectivity index (χ0) is 21.8. The summed E-state index contributed by atoms with van der Waals surface area (Å²) in [5.74, 6) is 0. The van der Waals surface area contributed by atoms with Gasteiger partial charge in [0.25, 0.3) is 0 Å². The van der Waals surface area contributed by atoms with Crippen LogP contribution in [-0.2, 0) is 4.79 Å². The van der Waals surface area contributed by atoms with Gasteiger partial charge in [0.1, 0.15) is 6.29 Å². The van der Waals surface area contributed by atoms with Crippen LogP contribution < -0.4 is 0 Å². The molecule has 0 atom stereocenters. The van der Waals surface area contributed by atoms with Crippen LogP contribution >= 0.6 is 0 Å². The molecule has 0 aliphatic heterocycles. The fourth-order valence-corrected chi connectivity index (χ4v) is 4.54. The predicted octanol–water partition coefficient (Wildman–Crippen LogP) is 10.7. The summed E-state index contributed by atoms with van der Waals surface area (Å²) in [6, 6.07) is 0. The summed E-state index contributed by atoms with van der Waals surface area (Å²) in [5.41, 5.74) is 0. The molecule has 0 saturated carbocycles. The van der Waals surface area contributed by atoms with Crippen molar-refractivity contribution in [1.82, 2.24) is 0 Å². The quantitative estimate of drug-likeness (QED) is 0.0949. The second-order valence-corrected chi connectivity index (χ2v) is 9.79. The lowest BCUT2D eigenvalue weighted by molar-refractivity contribution is -0.107. The van der Waals surface area contributed by atoms with Crippen LogP contribution in [0.1, 0.15) is 180 Å². The van der Waals surface area contributed by atoms with E-state index in [9.17, 15) is 4.79 Å². The van der Waals surface area contributed by atoms with Crippen molar-refractivity contribution in [2.45, 2.75) is 180 Å². The molecule has 0 aromatic heterocycles.